The van der Waals surface area contributed by atoms with E-state index >= 15 is 0 Å². The number of hydrogen-bond donors (Lipinski definition) is 2. The molecule has 2 aromatic carbocycles. The maximum atomic E-state index is 3.58. The van der Waals surface area contributed by atoms with Crippen molar-refractivity contribution in [2.45, 2.75) is 33.4 Å². The summed E-state index contributed by atoms with van der Waals surface area (Å²) in [7, 11) is 0. The Kier molecular flexibility index (Phi) is 6.22. The highest BCUT2D eigenvalue weighted by Crippen LogP contribution is 2.20. The van der Waals surface area contributed by atoms with Crippen LogP contribution in [-0.4, -0.2) is 19.1 Å². The monoisotopic (exact) mass is 348 g/mol. The molecule has 2 N–H and O–H groups in total. The van der Waals surface area contributed by atoms with Crippen LogP contribution in [0.1, 0.15) is 26.3 Å². The first-order valence-electron chi connectivity index (χ1n) is 7.67. The summed E-state index contributed by atoms with van der Waals surface area (Å²) in [6.45, 7) is 9.70. The summed E-state index contributed by atoms with van der Waals surface area (Å²) in [4.78, 5) is 0. The van der Waals surface area contributed by atoms with E-state index in [9.17, 15) is 0 Å². The predicted molar refractivity (Wildman–Crippen MR) is 95.7 cm³/mol. The third kappa shape index (κ3) is 5.42. The van der Waals surface area contributed by atoms with Crippen LogP contribution in [-0.2, 0) is 6.54 Å². The van der Waals surface area contributed by atoms with E-state index in [1.165, 1.54) is 16.3 Å². The van der Waals surface area contributed by atoms with Crippen molar-refractivity contribution < 1.29 is 0 Å². The number of benzene rings is 2. The summed E-state index contributed by atoms with van der Waals surface area (Å²) in [5.41, 5.74) is 1.33. The van der Waals surface area contributed by atoms with Gasteiger partial charge in [-0.1, -0.05) is 48.0 Å². The molecule has 2 aromatic rings. The van der Waals surface area contributed by atoms with E-state index < -0.39 is 0 Å². The van der Waals surface area contributed by atoms with Crippen molar-refractivity contribution in [1.29, 1.82) is 0 Å². The molecule has 114 valence electrons. The second-order valence-electron chi connectivity index (χ2n) is 6.16. The fourth-order valence-electron chi connectivity index (χ4n) is 2.33. The van der Waals surface area contributed by atoms with Gasteiger partial charge in [-0.25, -0.2) is 0 Å². The normalized spacial score (nSPS) is 13.0. The number of rotatable bonds is 7. The first kappa shape index (κ1) is 16.5. The van der Waals surface area contributed by atoms with E-state index in [2.05, 4.69) is 83.7 Å². The third-order valence-electron chi connectivity index (χ3n) is 3.52. The lowest BCUT2D eigenvalue weighted by Crippen LogP contribution is -2.37. The lowest BCUT2D eigenvalue weighted by atomic mass is 10.1. The molecule has 0 saturated carbocycles. The largest absolute Gasteiger partial charge is 0.315 e. The molecule has 0 aliphatic carbocycles. The molecule has 0 amide bonds. The van der Waals surface area contributed by atoms with Crippen molar-refractivity contribution >= 4 is 26.7 Å². The Morgan fingerprint density at radius 2 is 1.67 bits per heavy atom. The van der Waals surface area contributed by atoms with Gasteiger partial charge in [-0.15, -0.1) is 0 Å². The standard InChI is InChI=1S/C18H25BrN2/c1-13(2)10-20-11-14(3)21-12-15-4-5-17-9-18(19)7-6-16(17)8-15/h4-9,13-14,20-21H,10-12H2,1-3H3. The van der Waals surface area contributed by atoms with E-state index in [-0.39, 0.29) is 0 Å². The second-order valence-corrected chi connectivity index (χ2v) is 7.08. The van der Waals surface area contributed by atoms with Gasteiger partial charge >= 0.3 is 0 Å². The molecule has 1 unspecified atom stereocenters. The van der Waals surface area contributed by atoms with Crippen molar-refractivity contribution in [2.75, 3.05) is 13.1 Å². The topological polar surface area (TPSA) is 24.1 Å². The lowest BCUT2D eigenvalue weighted by molar-refractivity contribution is 0.472. The van der Waals surface area contributed by atoms with Gasteiger partial charge in [0.2, 0.25) is 0 Å². The van der Waals surface area contributed by atoms with Crippen molar-refractivity contribution in [1.82, 2.24) is 10.6 Å². The molecule has 0 saturated heterocycles. The van der Waals surface area contributed by atoms with Gasteiger partial charge in [0, 0.05) is 23.6 Å². The molecule has 0 aliphatic rings. The number of halogens is 1. The maximum absolute atomic E-state index is 3.58. The van der Waals surface area contributed by atoms with Gasteiger partial charge in [0.15, 0.2) is 0 Å². The summed E-state index contributed by atoms with van der Waals surface area (Å²) in [5, 5.41) is 9.64. The fourth-order valence-corrected chi connectivity index (χ4v) is 2.71. The average Bonchev–Trinajstić information content (AvgIpc) is 2.44. The molecule has 0 aromatic heterocycles. The highest BCUT2D eigenvalue weighted by atomic mass is 79.9. The van der Waals surface area contributed by atoms with Gasteiger partial charge < -0.3 is 10.6 Å². The minimum atomic E-state index is 0.476. The van der Waals surface area contributed by atoms with Gasteiger partial charge in [-0.2, -0.15) is 0 Å². The van der Waals surface area contributed by atoms with Gasteiger partial charge in [0.05, 0.1) is 0 Å². The Bertz CT molecular complexity index is 580. The van der Waals surface area contributed by atoms with Crippen LogP contribution in [0.3, 0.4) is 0 Å². The van der Waals surface area contributed by atoms with E-state index in [1.807, 2.05) is 0 Å². The van der Waals surface area contributed by atoms with Crippen LogP contribution in [0.15, 0.2) is 40.9 Å². The minimum Gasteiger partial charge on any atom is -0.315 e. The van der Waals surface area contributed by atoms with Crippen LogP contribution in [0.2, 0.25) is 0 Å². The predicted octanol–water partition coefficient (Wildman–Crippen LogP) is 4.33. The number of hydrogen-bond acceptors (Lipinski definition) is 2. The summed E-state index contributed by atoms with van der Waals surface area (Å²) >= 11 is 3.52. The molecular weight excluding hydrogens is 324 g/mol. The first-order chi connectivity index (χ1) is 10.0. The highest BCUT2D eigenvalue weighted by Gasteiger charge is 2.03. The van der Waals surface area contributed by atoms with Crippen LogP contribution in [0.5, 0.6) is 0 Å². The molecule has 0 aliphatic heterocycles. The zero-order valence-corrected chi connectivity index (χ0v) is 14.7. The van der Waals surface area contributed by atoms with Crippen molar-refractivity contribution in [3.05, 3.63) is 46.4 Å². The summed E-state index contributed by atoms with van der Waals surface area (Å²) in [6.07, 6.45) is 0. The Hall–Kier alpha value is -0.900. The van der Waals surface area contributed by atoms with E-state index in [4.69, 9.17) is 0 Å². The Morgan fingerprint density at radius 1 is 0.952 bits per heavy atom. The Labute approximate surface area is 136 Å². The zero-order valence-electron chi connectivity index (χ0n) is 13.1. The molecule has 3 heteroatoms. The van der Waals surface area contributed by atoms with Gasteiger partial charge in [0.1, 0.15) is 0 Å². The maximum Gasteiger partial charge on any atom is 0.0208 e. The molecule has 2 nitrogen and oxygen atoms in total. The SMILES string of the molecule is CC(C)CNCC(C)NCc1ccc2cc(Br)ccc2c1. The molecule has 0 bridgehead atoms. The highest BCUT2D eigenvalue weighted by molar-refractivity contribution is 9.10. The number of fused-ring (bicyclic) bond motifs is 1. The van der Waals surface area contributed by atoms with Crippen molar-refractivity contribution in [3.8, 4) is 0 Å². The number of nitrogens with one attached hydrogen (secondary N) is 2. The average molecular weight is 349 g/mol. The lowest BCUT2D eigenvalue weighted by Gasteiger charge is -2.16. The molecule has 1 atom stereocenters. The van der Waals surface area contributed by atoms with Crippen molar-refractivity contribution in [3.63, 3.8) is 0 Å². The van der Waals surface area contributed by atoms with Crippen LogP contribution >= 0.6 is 15.9 Å². The van der Waals surface area contributed by atoms with Crippen molar-refractivity contribution in [2.24, 2.45) is 5.92 Å². The quantitative estimate of drug-likeness (QED) is 0.778. The zero-order chi connectivity index (χ0) is 15.2. The summed E-state index contributed by atoms with van der Waals surface area (Å²) in [6, 6.07) is 13.6. The van der Waals surface area contributed by atoms with Crippen LogP contribution in [0.4, 0.5) is 0 Å². The molecule has 0 heterocycles. The van der Waals surface area contributed by atoms with Crippen LogP contribution < -0.4 is 10.6 Å². The van der Waals surface area contributed by atoms with Crippen LogP contribution in [0, 0.1) is 5.92 Å². The van der Waals surface area contributed by atoms with E-state index in [1.54, 1.807) is 0 Å². The molecule has 0 fully saturated rings. The van der Waals surface area contributed by atoms with E-state index in [0.29, 0.717) is 12.0 Å². The van der Waals surface area contributed by atoms with Gasteiger partial charge in [-0.05, 0) is 53.9 Å². The second kappa shape index (κ2) is 7.92. The third-order valence-corrected chi connectivity index (χ3v) is 4.02. The van der Waals surface area contributed by atoms with Gasteiger partial charge in [-0.3, -0.25) is 0 Å². The van der Waals surface area contributed by atoms with Gasteiger partial charge in [0.25, 0.3) is 0 Å². The summed E-state index contributed by atoms with van der Waals surface area (Å²) < 4.78 is 1.13. The van der Waals surface area contributed by atoms with E-state index in [0.717, 1.165) is 24.1 Å². The molecule has 0 spiro atoms. The molecule has 2 rings (SSSR count). The Morgan fingerprint density at radius 3 is 2.43 bits per heavy atom. The smallest absolute Gasteiger partial charge is 0.0208 e. The molecule has 21 heavy (non-hydrogen) atoms. The minimum absolute atomic E-state index is 0.476. The molecular formula is C18H25BrN2. The van der Waals surface area contributed by atoms with Crippen LogP contribution in [0.25, 0.3) is 10.8 Å². The first-order valence-corrected chi connectivity index (χ1v) is 8.46. The Balaban J connectivity index is 1.87. The molecule has 0 radical (unpaired) electrons. The fraction of sp³-hybridized carbons (Fsp3) is 0.444. The summed E-state index contributed by atoms with van der Waals surface area (Å²) in [5.74, 6) is 0.706.